The van der Waals surface area contributed by atoms with Gasteiger partial charge in [-0.25, -0.2) is 0 Å². The average Bonchev–Trinajstić information content (AvgIpc) is 2.67. The van der Waals surface area contributed by atoms with Gasteiger partial charge < -0.3 is 0 Å². The van der Waals surface area contributed by atoms with Crippen LogP contribution in [0.1, 0.15) is 10.5 Å². The molecule has 0 unspecified atom stereocenters. The fourth-order valence-electron chi connectivity index (χ4n) is 1.15. The van der Waals surface area contributed by atoms with Crippen molar-refractivity contribution in [1.29, 1.82) is 0 Å². The van der Waals surface area contributed by atoms with Gasteiger partial charge in [0.2, 0.25) is 0 Å². The molecule has 4 heteroatoms. The summed E-state index contributed by atoms with van der Waals surface area (Å²) in [5, 5.41) is 6.41. The zero-order chi connectivity index (χ0) is 9.10. The summed E-state index contributed by atoms with van der Waals surface area (Å²) in [6.45, 7) is 0. The van der Waals surface area contributed by atoms with Crippen LogP contribution >= 0.6 is 0 Å². The third-order valence-electron chi connectivity index (χ3n) is 1.78. The lowest BCUT2D eigenvalue weighted by atomic mass is 10.1. The van der Waals surface area contributed by atoms with E-state index in [-0.39, 0.29) is 0 Å². The second-order valence-electron chi connectivity index (χ2n) is 2.55. The fourth-order valence-corrected chi connectivity index (χ4v) is 1.15. The van der Waals surface area contributed by atoms with E-state index in [4.69, 9.17) is 0 Å². The smallest absolute Gasteiger partial charge is 0.168 e. The van der Waals surface area contributed by atoms with Crippen LogP contribution in [-0.2, 0) is 0 Å². The average molecular weight is 173 g/mol. The van der Waals surface area contributed by atoms with Crippen molar-refractivity contribution < 1.29 is 4.79 Å². The van der Waals surface area contributed by atoms with Gasteiger partial charge in [-0.1, -0.05) is 0 Å². The first-order chi connectivity index (χ1) is 6.42. The van der Waals surface area contributed by atoms with Crippen molar-refractivity contribution in [3.8, 4) is 11.1 Å². The zero-order valence-electron chi connectivity index (χ0n) is 6.77. The summed E-state index contributed by atoms with van der Waals surface area (Å²) in [5.74, 6) is 0. The minimum atomic E-state index is 0.492. The number of aromatic amines is 1. The number of aldehydes is 1. The van der Waals surface area contributed by atoms with Gasteiger partial charge in [0.25, 0.3) is 0 Å². The number of carbonyl (C=O) groups is 1. The van der Waals surface area contributed by atoms with Gasteiger partial charge in [0, 0.05) is 18.0 Å². The second-order valence-corrected chi connectivity index (χ2v) is 2.55. The van der Waals surface area contributed by atoms with Crippen LogP contribution in [0.3, 0.4) is 0 Å². The predicted octanol–water partition coefficient (Wildman–Crippen LogP) is 1.28. The van der Waals surface area contributed by atoms with Crippen LogP contribution < -0.4 is 0 Å². The molecule has 4 nitrogen and oxygen atoms in total. The molecule has 2 heterocycles. The van der Waals surface area contributed by atoms with Crippen molar-refractivity contribution in [3.05, 3.63) is 36.4 Å². The lowest BCUT2D eigenvalue weighted by molar-refractivity contribution is 0.111. The number of H-pyrrole nitrogens is 1. The molecule has 2 rings (SSSR count). The SMILES string of the molecule is O=Cc1[nH]ncc1-c1ccncc1. The maximum atomic E-state index is 10.6. The van der Waals surface area contributed by atoms with Gasteiger partial charge in [-0.2, -0.15) is 5.10 Å². The molecule has 2 aromatic rings. The molecule has 0 amide bonds. The first-order valence-electron chi connectivity index (χ1n) is 3.81. The number of nitrogens with zero attached hydrogens (tertiary/aromatic N) is 2. The second kappa shape index (κ2) is 3.18. The summed E-state index contributed by atoms with van der Waals surface area (Å²) in [4.78, 5) is 14.5. The number of aromatic nitrogens is 3. The third kappa shape index (κ3) is 1.33. The zero-order valence-corrected chi connectivity index (χ0v) is 6.77. The summed E-state index contributed by atoms with van der Waals surface area (Å²) in [7, 11) is 0. The highest BCUT2D eigenvalue weighted by atomic mass is 16.1. The molecule has 0 atom stereocenters. The van der Waals surface area contributed by atoms with Crippen molar-refractivity contribution in [3.63, 3.8) is 0 Å². The molecule has 0 aromatic carbocycles. The normalized spacial score (nSPS) is 9.85. The number of hydrogen-bond donors (Lipinski definition) is 1. The van der Waals surface area contributed by atoms with Crippen molar-refractivity contribution in [1.82, 2.24) is 15.2 Å². The highest BCUT2D eigenvalue weighted by molar-refractivity contribution is 5.84. The van der Waals surface area contributed by atoms with Gasteiger partial charge in [0.15, 0.2) is 6.29 Å². The van der Waals surface area contributed by atoms with E-state index in [1.54, 1.807) is 18.6 Å². The van der Waals surface area contributed by atoms with Gasteiger partial charge in [-0.15, -0.1) is 0 Å². The Kier molecular flexibility index (Phi) is 1.88. The highest BCUT2D eigenvalue weighted by Gasteiger charge is 2.04. The maximum absolute atomic E-state index is 10.6. The van der Waals surface area contributed by atoms with Gasteiger partial charge in [-0.3, -0.25) is 14.9 Å². The Hall–Kier alpha value is -1.97. The molecule has 64 valence electrons. The van der Waals surface area contributed by atoms with E-state index in [9.17, 15) is 4.79 Å². The Morgan fingerprint density at radius 1 is 1.31 bits per heavy atom. The molecule has 13 heavy (non-hydrogen) atoms. The monoisotopic (exact) mass is 173 g/mol. The van der Waals surface area contributed by atoms with Crippen LogP contribution in [0.25, 0.3) is 11.1 Å². The summed E-state index contributed by atoms with van der Waals surface area (Å²) in [5.41, 5.74) is 2.23. The Morgan fingerprint density at radius 2 is 2.08 bits per heavy atom. The van der Waals surface area contributed by atoms with Crippen LogP contribution in [-0.4, -0.2) is 21.5 Å². The predicted molar refractivity (Wildman–Crippen MR) is 47.2 cm³/mol. The van der Waals surface area contributed by atoms with Crippen LogP contribution in [0, 0.1) is 0 Å². The van der Waals surface area contributed by atoms with Crippen LogP contribution in [0.2, 0.25) is 0 Å². The number of rotatable bonds is 2. The minimum absolute atomic E-state index is 0.492. The minimum Gasteiger partial charge on any atom is -0.296 e. The molecule has 2 aromatic heterocycles. The van der Waals surface area contributed by atoms with Gasteiger partial charge in [-0.05, 0) is 17.7 Å². The van der Waals surface area contributed by atoms with E-state index in [1.165, 1.54) is 0 Å². The van der Waals surface area contributed by atoms with E-state index >= 15 is 0 Å². The largest absolute Gasteiger partial charge is 0.296 e. The van der Waals surface area contributed by atoms with Crippen molar-refractivity contribution in [2.24, 2.45) is 0 Å². The first kappa shape index (κ1) is 7.67. The third-order valence-corrected chi connectivity index (χ3v) is 1.78. The quantitative estimate of drug-likeness (QED) is 0.696. The van der Waals surface area contributed by atoms with E-state index < -0.39 is 0 Å². The van der Waals surface area contributed by atoms with Gasteiger partial charge in [0.1, 0.15) is 5.69 Å². The Morgan fingerprint density at radius 3 is 2.77 bits per heavy atom. The van der Waals surface area contributed by atoms with Crippen LogP contribution in [0.5, 0.6) is 0 Å². The Bertz CT molecular complexity index is 408. The number of hydrogen-bond acceptors (Lipinski definition) is 3. The van der Waals surface area contributed by atoms with Gasteiger partial charge >= 0.3 is 0 Å². The van der Waals surface area contributed by atoms with E-state index in [0.29, 0.717) is 5.69 Å². The molecular formula is C9H7N3O. The molecule has 1 N–H and O–H groups in total. The Labute approximate surface area is 74.6 Å². The maximum Gasteiger partial charge on any atom is 0.168 e. The molecular weight excluding hydrogens is 166 g/mol. The van der Waals surface area contributed by atoms with Crippen molar-refractivity contribution >= 4 is 6.29 Å². The Balaban J connectivity index is 2.52. The van der Waals surface area contributed by atoms with Crippen molar-refractivity contribution in [2.75, 3.05) is 0 Å². The molecule has 0 aliphatic heterocycles. The van der Waals surface area contributed by atoms with Crippen LogP contribution in [0.15, 0.2) is 30.7 Å². The highest BCUT2D eigenvalue weighted by Crippen LogP contribution is 2.19. The number of nitrogens with one attached hydrogen (secondary N) is 1. The van der Waals surface area contributed by atoms with Crippen LogP contribution in [0.4, 0.5) is 0 Å². The van der Waals surface area contributed by atoms with Crippen molar-refractivity contribution in [2.45, 2.75) is 0 Å². The lowest BCUT2D eigenvalue weighted by Crippen LogP contribution is -1.84. The summed E-state index contributed by atoms with van der Waals surface area (Å²) < 4.78 is 0. The molecule has 0 aliphatic rings. The molecule has 0 radical (unpaired) electrons. The van der Waals surface area contributed by atoms with E-state index in [1.807, 2.05) is 12.1 Å². The van der Waals surface area contributed by atoms with Gasteiger partial charge in [0.05, 0.1) is 6.20 Å². The van der Waals surface area contributed by atoms with E-state index in [0.717, 1.165) is 17.4 Å². The van der Waals surface area contributed by atoms with E-state index in [2.05, 4.69) is 15.2 Å². The molecule has 0 fully saturated rings. The molecule has 0 saturated carbocycles. The molecule has 0 aliphatic carbocycles. The molecule has 0 spiro atoms. The molecule has 0 saturated heterocycles. The first-order valence-corrected chi connectivity index (χ1v) is 3.81. The topological polar surface area (TPSA) is 58.6 Å². The lowest BCUT2D eigenvalue weighted by Gasteiger charge is -1.95. The molecule has 0 bridgehead atoms. The number of carbonyl (C=O) groups excluding carboxylic acids is 1. The fraction of sp³-hybridized carbons (Fsp3) is 0. The summed E-state index contributed by atoms with van der Waals surface area (Å²) >= 11 is 0. The number of pyridine rings is 1. The summed E-state index contributed by atoms with van der Waals surface area (Å²) in [6.07, 6.45) is 5.73. The standard InChI is InChI=1S/C9H7N3O/c13-6-9-8(5-11-12-9)7-1-3-10-4-2-7/h1-6H,(H,11,12). The summed E-state index contributed by atoms with van der Waals surface area (Å²) in [6, 6.07) is 3.66.